The predicted molar refractivity (Wildman–Crippen MR) is 162 cm³/mol. The highest BCUT2D eigenvalue weighted by Gasteiger charge is 2.54. The summed E-state index contributed by atoms with van der Waals surface area (Å²) in [6, 6.07) is 0.675. The maximum Gasteiger partial charge on any atom is 0.217 e. The number of rotatable bonds is 15. The van der Waals surface area contributed by atoms with E-state index in [0.717, 1.165) is 11.1 Å². The van der Waals surface area contributed by atoms with Crippen molar-refractivity contribution >= 4 is 5.91 Å². The molecule has 0 aromatic carbocycles. The lowest BCUT2D eigenvalue weighted by Gasteiger charge is -2.50. The Hall–Kier alpha value is -2.02. The second kappa shape index (κ2) is 18.5. The number of nitrogens with zero attached hydrogens (tertiary/aromatic N) is 1. The Kier molecular flexibility index (Phi) is 15.0. The second-order valence-corrected chi connectivity index (χ2v) is 12.3. The number of aliphatic hydroxyl groups excluding tert-OH is 8. The van der Waals surface area contributed by atoms with Crippen LogP contribution < -0.4 is 10.8 Å². The van der Waals surface area contributed by atoms with Crippen LogP contribution in [0.4, 0.5) is 0 Å². The number of hydrogen-bond acceptors (Lipinski definition) is 18. The van der Waals surface area contributed by atoms with Crippen LogP contribution in [-0.4, -0.2) is 170 Å². The number of ether oxygens (including phenoxy) is 6. The summed E-state index contributed by atoms with van der Waals surface area (Å²) < 4.78 is 35.2. The first-order valence-corrected chi connectivity index (χ1v) is 16.1. The normalized spacial score (nSPS) is 39.9. The standard InChI is InChI=1S/C30H49N3O16/c1-13-7-16(9-31-8-13)12-44-32-5-4-6-43-28-19(33-15(3)36)27(49-30-25(42)23(40)21(38)17(10-34)46-30)26(18(11-35)47-28)48-29-24(41)22(39)20(37)14(2)45-29/h7-9,14,17-30,32,34-35,37-42H,4-6,10-12H2,1-3H3,(H,33,36)/t14?,17?,18?,19?,20-,21+,22+,23-,24?,25?,26-,27+,28-,29?,30+/m1/s1. The Morgan fingerprint density at radius 1 is 0.837 bits per heavy atom. The summed E-state index contributed by atoms with van der Waals surface area (Å²) >= 11 is 0. The first-order chi connectivity index (χ1) is 23.4. The van der Waals surface area contributed by atoms with Crippen molar-refractivity contribution in [1.29, 1.82) is 0 Å². The molecule has 0 saturated carbocycles. The largest absolute Gasteiger partial charge is 0.394 e. The molecule has 0 bridgehead atoms. The third-order valence-corrected chi connectivity index (χ3v) is 8.41. The van der Waals surface area contributed by atoms with Gasteiger partial charge in [0.1, 0.15) is 67.1 Å². The molecule has 3 fully saturated rings. The quantitative estimate of drug-likeness (QED) is 0.0607. The van der Waals surface area contributed by atoms with Crippen LogP contribution in [0.2, 0.25) is 0 Å². The molecule has 10 N–H and O–H groups in total. The third-order valence-electron chi connectivity index (χ3n) is 8.41. The van der Waals surface area contributed by atoms with Crippen molar-refractivity contribution in [2.24, 2.45) is 0 Å². The van der Waals surface area contributed by atoms with Gasteiger partial charge in [0.25, 0.3) is 0 Å². The van der Waals surface area contributed by atoms with Crippen molar-refractivity contribution in [3.63, 3.8) is 0 Å². The molecule has 19 heteroatoms. The van der Waals surface area contributed by atoms with E-state index in [-0.39, 0.29) is 13.2 Å². The fourth-order valence-electron chi connectivity index (χ4n) is 5.77. The van der Waals surface area contributed by atoms with Crippen molar-refractivity contribution in [3.8, 4) is 0 Å². The highest BCUT2D eigenvalue weighted by atomic mass is 16.8. The number of aromatic nitrogens is 1. The Balaban J connectivity index is 1.51. The number of pyridine rings is 1. The summed E-state index contributed by atoms with van der Waals surface area (Å²) in [6.07, 6.45) is -17.7. The van der Waals surface area contributed by atoms with E-state index in [1.165, 1.54) is 13.8 Å². The second-order valence-electron chi connectivity index (χ2n) is 12.3. The first kappa shape index (κ1) is 39.8. The number of carbonyl (C=O) groups is 1. The molecule has 1 amide bonds. The minimum absolute atomic E-state index is 0.0472. The van der Waals surface area contributed by atoms with Crippen LogP contribution in [0, 0.1) is 6.92 Å². The lowest BCUT2D eigenvalue weighted by Crippen LogP contribution is -2.69. The maximum absolute atomic E-state index is 12.4. The van der Waals surface area contributed by atoms with Crippen LogP contribution >= 0.6 is 0 Å². The molecule has 49 heavy (non-hydrogen) atoms. The number of amides is 1. The molecule has 0 spiro atoms. The fraction of sp³-hybridized carbons (Fsp3) is 0.800. The topological polar surface area (TPSA) is 280 Å². The van der Waals surface area contributed by atoms with Gasteiger partial charge in [-0.25, -0.2) is 5.48 Å². The molecule has 280 valence electrons. The predicted octanol–water partition coefficient (Wildman–Crippen LogP) is -4.56. The van der Waals surface area contributed by atoms with Crippen LogP contribution in [0.3, 0.4) is 0 Å². The van der Waals surface area contributed by atoms with E-state index in [4.69, 9.17) is 33.3 Å². The summed E-state index contributed by atoms with van der Waals surface area (Å²) in [7, 11) is 0. The molecule has 1 aromatic heterocycles. The van der Waals surface area contributed by atoms with Gasteiger partial charge in [-0.3, -0.25) is 14.6 Å². The summed E-state index contributed by atoms with van der Waals surface area (Å²) in [6.45, 7) is 3.75. The number of aryl methyl sites for hydroxylation is 1. The van der Waals surface area contributed by atoms with E-state index < -0.39 is 111 Å². The minimum Gasteiger partial charge on any atom is -0.394 e. The molecule has 3 aliphatic rings. The number of nitrogens with one attached hydrogen (secondary N) is 2. The number of aliphatic hydroxyl groups is 8. The van der Waals surface area contributed by atoms with E-state index >= 15 is 0 Å². The molecule has 7 unspecified atom stereocenters. The Bertz CT molecular complexity index is 1170. The van der Waals surface area contributed by atoms with E-state index in [2.05, 4.69) is 15.8 Å². The van der Waals surface area contributed by atoms with Crippen molar-refractivity contribution in [2.75, 3.05) is 26.4 Å². The minimum atomic E-state index is -1.86. The lowest BCUT2D eigenvalue weighted by molar-refractivity contribution is -0.373. The van der Waals surface area contributed by atoms with Crippen LogP contribution in [0.1, 0.15) is 31.4 Å². The Morgan fingerprint density at radius 3 is 2.12 bits per heavy atom. The van der Waals surface area contributed by atoms with Crippen LogP contribution in [-0.2, 0) is 44.7 Å². The highest BCUT2D eigenvalue weighted by Crippen LogP contribution is 2.33. The molecule has 3 aliphatic heterocycles. The monoisotopic (exact) mass is 707 g/mol. The number of carbonyl (C=O) groups excluding carboxylic acids is 1. The van der Waals surface area contributed by atoms with Crippen molar-refractivity contribution < 1.29 is 78.9 Å². The van der Waals surface area contributed by atoms with Crippen molar-refractivity contribution in [2.45, 2.75) is 126 Å². The smallest absolute Gasteiger partial charge is 0.217 e. The fourth-order valence-corrected chi connectivity index (χ4v) is 5.77. The highest BCUT2D eigenvalue weighted by molar-refractivity contribution is 5.73. The number of hydroxylamine groups is 1. The van der Waals surface area contributed by atoms with Gasteiger partial charge >= 0.3 is 0 Å². The van der Waals surface area contributed by atoms with Gasteiger partial charge in [0.2, 0.25) is 5.91 Å². The first-order valence-electron chi connectivity index (χ1n) is 16.1. The zero-order chi connectivity index (χ0) is 35.8. The molecule has 4 rings (SSSR count). The number of hydrogen-bond donors (Lipinski definition) is 10. The average molecular weight is 708 g/mol. The summed E-state index contributed by atoms with van der Waals surface area (Å²) in [4.78, 5) is 22.0. The van der Waals surface area contributed by atoms with Crippen molar-refractivity contribution in [1.82, 2.24) is 15.8 Å². The van der Waals surface area contributed by atoms with Crippen LogP contribution in [0.5, 0.6) is 0 Å². The van der Waals surface area contributed by atoms with Gasteiger partial charge in [-0.15, -0.1) is 0 Å². The SMILES string of the molecule is CC(=O)NC1[C@H](OCCCNOCc2cncc(C)c2)OC(CO)[C@@H](OC2OC(C)[C@@H](O)[C@H](O)C2O)[C@H]1O[C@@H]1OC(CO)[C@H](O)[C@@H](O)C1O. The van der Waals surface area contributed by atoms with E-state index in [0.29, 0.717) is 13.0 Å². The molecule has 4 heterocycles. The summed E-state index contributed by atoms with van der Waals surface area (Å²) in [5.74, 6) is -0.576. The summed E-state index contributed by atoms with van der Waals surface area (Å²) in [5, 5.41) is 85.4. The lowest BCUT2D eigenvalue weighted by atomic mass is 9.94. The Morgan fingerprint density at radius 2 is 1.47 bits per heavy atom. The van der Waals surface area contributed by atoms with Crippen molar-refractivity contribution in [3.05, 3.63) is 29.6 Å². The molecular formula is C30H49N3O16. The van der Waals surface area contributed by atoms with Gasteiger partial charge in [0.05, 0.1) is 32.5 Å². The van der Waals surface area contributed by atoms with Gasteiger partial charge in [-0.2, -0.15) is 0 Å². The van der Waals surface area contributed by atoms with Gasteiger partial charge in [0, 0.05) is 25.9 Å². The van der Waals surface area contributed by atoms with Crippen LogP contribution in [0.15, 0.2) is 18.5 Å². The van der Waals surface area contributed by atoms with Gasteiger partial charge in [0.15, 0.2) is 18.9 Å². The molecule has 15 atom stereocenters. The van der Waals surface area contributed by atoms with Gasteiger partial charge in [-0.05, 0) is 31.4 Å². The van der Waals surface area contributed by atoms with E-state index in [1.54, 1.807) is 12.4 Å². The molecule has 3 saturated heterocycles. The zero-order valence-corrected chi connectivity index (χ0v) is 27.4. The summed E-state index contributed by atoms with van der Waals surface area (Å²) in [5.41, 5.74) is 4.69. The maximum atomic E-state index is 12.4. The molecule has 0 radical (unpaired) electrons. The molecule has 1 aromatic rings. The zero-order valence-electron chi connectivity index (χ0n) is 27.4. The molecular weight excluding hydrogens is 658 g/mol. The van der Waals surface area contributed by atoms with E-state index in [9.17, 15) is 45.6 Å². The van der Waals surface area contributed by atoms with Crippen LogP contribution in [0.25, 0.3) is 0 Å². The molecule has 0 aliphatic carbocycles. The van der Waals surface area contributed by atoms with Gasteiger partial charge in [-0.1, -0.05) is 6.07 Å². The Labute approximate surface area is 282 Å². The van der Waals surface area contributed by atoms with E-state index in [1.807, 2.05) is 13.0 Å². The molecule has 19 nitrogen and oxygen atoms in total. The van der Waals surface area contributed by atoms with Gasteiger partial charge < -0.3 is 74.6 Å². The third kappa shape index (κ3) is 10.1. The average Bonchev–Trinajstić information content (AvgIpc) is 3.07.